The van der Waals surface area contributed by atoms with Crippen molar-refractivity contribution in [2.24, 2.45) is 5.10 Å². The number of anilines is 1. The highest BCUT2D eigenvalue weighted by Crippen LogP contribution is 2.18. The summed E-state index contributed by atoms with van der Waals surface area (Å²) in [4.78, 5) is 17.0. The molecule has 0 spiro atoms. The highest BCUT2D eigenvalue weighted by Gasteiger charge is 2.17. The number of hydrogen-bond donors (Lipinski definition) is 1. The van der Waals surface area contributed by atoms with Crippen LogP contribution in [0.4, 0.5) is 5.69 Å². The van der Waals surface area contributed by atoms with Gasteiger partial charge < -0.3 is 9.64 Å². The fraction of sp³-hybridized carbons (Fsp3) is 0.259. The molecule has 0 atom stereocenters. The summed E-state index contributed by atoms with van der Waals surface area (Å²) in [6.07, 6.45) is 2.06. The van der Waals surface area contributed by atoms with Crippen LogP contribution in [0.1, 0.15) is 17.5 Å². The number of nitrogens with zero attached hydrogens (tertiary/aromatic N) is 3. The second-order valence-corrected chi connectivity index (χ2v) is 8.02. The molecule has 170 valence electrons. The molecule has 1 saturated heterocycles. The first-order valence-electron chi connectivity index (χ1n) is 11.4. The zero-order valence-electron chi connectivity index (χ0n) is 18.8. The quantitative estimate of drug-likeness (QED) is 0.403. The number of hydrazone groups is 1. The summed E-state index contributed by atoms with van der Waals surface area (Å²) in [6, 6.07) is 28.2. The summed E-state index contributed by atoms with van der Waals surface area (Å²) in [5.74, 6) is 0.648. The van der Waals surface area contributed by atoms with E-state index < -0.39 is 0 Å². The monoisotopic (exact) mass is 442 g/mol. The van der Waals surface area contributed by atoms with Crippen LogP contribution in [0.25, 0.3) is 0 Å². The molecule has 1 amide bonds. The summed E-state index contributed by atoms with van der Waals surface area (Å²) < 4.78 is 5.93. The smallest absolute Gasteiger partial charge is 0.241 e. The van der Waals surface area contributed by atoms with Crippen LogP contribution in [0, 0.1) is 0 Å². The maximum Gasteiger partial charge on any atom is 0.241 e. The second kappa shape index (κ2) is 11.8. The molecule has 0 saturated carbocycles. The molecule has 1 N–H and O–H groups in total. The average molecular weight is 443 g/mol. The highest BCUT2D eigenvalue weighted by atomic mass is 16.5. The van der Waals surface area contributed by atoms with E-state index in [0.717, 1.165) is 49.6 Å². The van der Waals surface area contributed by atoms with E-state index >= 15 is 0 Å². The maximum atomic E-state index is 12.3. The van der Waals surface area contributed by atoms with Gasteiger partial charge in [-0.1, -0.05) is 60.7 Å². The number of ether oxygens (including phenoxy) is 1. The Morgan fingerprint density at radius 2 is 1.55 bits per heavy atom. The lowest BCUT2D eigenvalue weighted by Crippen LogP contribution is -2.47. The lowest BCUT2D eigenvalue weighted by molar-refractivity contribution is -0.121. The van der Waals surface area contributed by atoms with Gasteiger partial charge in [-0.2, -0.15) is 5.10 Å². The zero-order valence-corrected chi connectivity index (χ0v) is 18.8. The van der Waals surface area contributed by atoms with Crippen molar-refractivity contribution in [3.63, 3.8) is 0 Å². The van der Waals surface area contributed by atoms with Crippen molar-refractivity contribution in [2.75, 3.05) is 37.6 Å². The van der Waals surface area contributed by atoms with Crippen molar-refractivity contribution < 1.29 is 9.53 Å². The summed E-state index contributed by atoms with van der Waals surface area (Å²) in [7, 11) is 0. The van der Waals surface area contributed by atoms with Crippen molar-refractivity contribution in [2.45, 2.75) is 13.0 Å². The van der Waals surface area contributed by atoms with Crippen LogP contribution in [-0.4, -0.2) is 49.7 Å². The summed E-state index contributed by atoms with van der Waals surface area (Å²) in [6.45, 7) is 5.08. The van der Waals surface area contributed by atoms with E-state index in [0.29, 0.717) is 13.0 Å². The Morgan fingerprint density at radius 1 is 0.879 bits per heavy atom. The Labute approximate surface area is 195 Å². The van der Waals surface area contributed by atoms with Crippen molar-refractivity contribution in [3.05, 3.63) is 96.1 Å². The SMILES string of the molecule is O=C(CCN1CCN(c2ccccc2)CC1)N/N=C/c1ccccc1OCc1ccccc1. The van der Waals surface area contributed by atoms with Crippen LogP contribution < -0.4 is 15.1 Å². The molecule has 0 aliphatic carbocycles. The first-order valence-corrected chi connectivity index (χ1v) is 11.4. The Morgan fingerprint density at radius 3 is 2.30 bits per heavy atom. The normalized spacial score (nSPS) is 14.4. The van der Waals surface area contributed by atoms with Crippen LogP contribution in [0.15, 0.2) is 90.0 Å². The predicted molar refractivity (Wildman–Crippen MR) is 133 cm³/mol. The number of para-hydroxylation sites is 2. The third-order valence-electron chi connectivity index (χ3n) is 5.70. The number of benzene rings is 3. The minimum Gasteiger partial charge on any atom is -0.488 e. The first kappa shape index (κ1) is 22.6. The van der Waals surface area contributed by atoms with E-state index in [1.165, 1.54) is 5.69 Å². The Hall–Kier alpha value is -3.64. The molecular weight excluding hydrogens is 412 g/mol. The molecule has 1 fully saturated rings. The Balaban J connectivity index is 1.19. The molecule has 1 aliphatic heterocycles. The number of nitrogens with one attached hydrogen (secondary N) is 1. The minimum absolute atomic E-state index is 0.0839. The molecule has 33 heavy (non-hydrogen) atoms. The van der Waals surface area contributed by atoms with E-state index in [9.17, 15) is 4.79 Å². The number of amides is 1. The number of carbonyl (C=O) groups excluding carboxylic acids is 1. The third kappa shape index (κ3) is 6.92. The molecule has 3 aromatic carbocycles. The van der Waals surface area contributed by atoms with Crippen LogP contribution in [0.5, 0.6) is 5.75 Å². The number of hydrogen-bond acceptors (Lipinski definition) is 5. The largest absolute Gasteiger partial charge is 0.488 e. The van der Waals surface area contributed by atoms with Crippen molar-refractivity contribution in [1.82, 2.24) is 10.3 Å². The van der Waals surface area contributed by atoms with Gasteiger partial charge in [0.1, 0.15) is 12.4 Å². The topological polar surface area (TPSA) is 57.2 Å². The van der Waals surface area contributed by atoms with Gasteiger partial charge in [-0.15, -0.1) is 0 Å². The number of rotatable bonds is 9. The molecule has 6 nitrogen and oxygen atoms in total. The molecule has 0 radical (unpaired) electrons. The van der Waals surface area contributed by atoms with Crippen molar-refractivity contribution in [3.8, 4) is 5.75 Å². The fourth-order valence-electron chi connectivity index (χ4n) is 3.81. The molecule has 6 heteroatoms. The van der Waals surface area contributed by atoms with Crippen LogP contribution >= 0.6 is 0 Å². The zero-order chi connectivity index (χ0) is 22.7. The minimum atomic E-state index is -0.0839. The predicted octanol–water partition coefficient (Wildman–Crippen LogP) is 3.93. The molecule has 0 bridgehead atoms. The lowest BCUT2D eigenvalue weighted by Gasteiger charge is -2.36. The van der Waals surface area contributed by atoms with Gasteiger partial charge >= 0.3 is 0 Å². The first-order chi connectivity index (χ1) is 16.3. The van der Waals surface area contributed by atoms with Gasteiger partial charge in [0.2, 0.25) is 5.91 Å². The fourth-order valence-corrected chi connectivity index (χ4v) is 3.81. The van der Waals surface area contributed by atoms with Crippen LogP contribution in [-0.2, 0) is 11.4 Å². The summed E-state index contributed by atoms with van der Waals surface area (Å²) >= 11 is 0. The van der Waals surface area contributed by atoms with Gasteiger partial charge in [-0.05, 0) is 29.8 Å². The average Bonchev–Trinajstić information content (AvgIpc) is 2.88. The standard InChI is InChI=1S/C27H30N4O2/c32-27(15-16-30-17-19-31(20-18-30)25-12-5-2-6-13-25)29-28-21-24-11-7-8-14-26(24)33-22-23-9-3-1-4-10-23/h1-14,21H,15-20,22H2,(H,29,32)/b28-21+. The second-order valence-electron chi connectivity index (χ2n) is 8.02. The molecule has 1 heterocycles. The van der Waals surface area contributed by atoms with Gasteiger partial charge in [0.15, 0.2) is 0 Å². The van der Waals surface area contributed by atoms with Gasteiger partial charge in [-0.25, -0.2) is 5.43 Å². The Kier molecular flexibility index (Phi) is 8.08. The van der Waals surface area contributed by atoms with E-state index in [-0.39, 0.29) is 5.91 Å². The third-order valence-corrected chi connectivity index (χ3v) is 5.70. The Bertz CT molecular complexity index is 1030. The van der Waals surface area contributed by atoms with E-state index in [2.05, 4.69) is 44.6 Å². The van der Waals surface area contributed by atoms with Gasteiger partial charge in [0.05, 0.1) is 6.21 Å². The van der Waals surface area contributed by atoms with E-state index in [4.69, 9.17) is 4.74 Å². The number of piperazine rings is 1. The molecule has 0 aromatic heterocycles. The molecular formula is C27H30N4O2. The van der Waals surface area contributed by atoms with Crippen LogP contribution in [0.3, 0.4) is 0 Å². The van der Waals surface area contributed by atoms with Gasteiger partial charge in [-0.3, -0.25) is 9.69 Å². The number of carbonyl (C=O) groups is 1. The summed E-state index contributed by atoms with van der Waals surface area (Å²) in [5, 5.41) is 4.14. The molecule has 1 aliphatic rings. The van der Waals surface area contributed by atoms with Crippen LogP contribution in [0.2, 0.25) is 0 Å². The maximum absolute atomic E-state index is 12.3. The highest BCUT2D eigenvalue weighted by molar-refractivity contribution is 5.85. The molecule has 0 unspecified atom stereocenters. The lowest BCUT2D eigenvalue weighted by atomic mass is 10.2. The van der Waals surface area contributed by atoms with Gasteiger partial charge in [0, 0.05) is 50.4 Å². The molecule has 3 aromatic rings. The van der Waals surface area contributed by atoms with Gasteiger partial charge in [0.25, 0.3) is 0 Å². The summed E-state index contributed by atoms with van der Waals surface area (Å²) in [5.41, 5.74) is 5.83. The van der Waals surface area contributed by atoms with E-state index in [1.807, 2.05) is 60.7 Å². The van der Waals surface area contributed by atoms with E-state index in [1.54, 1.807) is 6.21 Å². The van der Waals surface area contributed by atoms with Crippen molar-refractivity contribution in [1.29, 1.82) is 0 Å². The molecule has 4 rings (SSSR count). The van der Waals surface area contributed by atoms with Crippen molar-refractivity contribution >= 4 is 17.8 Å².